The summed E-state index contributed by atoms with van der Waals surface area (Å²) in [6.07, 6.45) is 2.03. The molecule has 0 aliphatic carbocycles. The lowest BCUT2D eigenvalue weighted by atomic mass is 10.4. The number of hydrogen-bond acceptors (Lipinski definition) is 5. The van der Waals surface area contributed by atoms with E-state index in [0.29, 0.717) is 5.95 Å². The Morgan fingerprint density at radius 3 is 2.81 bits per heavy atom. The molecule has 0 spiro atoms. The van der Waals surface area contributed by atoms with E-state index in [1.54, 1.807) is 0 Å². The molecule has 0 fully saturated rings. The third kappa shape index (κ3) is 3.54. The van der Waals surface area contributed by atoms with Crippen LogP contribution in [0.4, 0.5) is 11.6 Å². The smallest absolute Gasteiger partial charge is 0.275 e. The number of H-pyrrole nitrogens is 1. The topological polar surface area (TPSA) is 93.0 Å². The summed E-state index contributed by atoms with van der Waals surface area (Å²) in [4.78, 5) is 17.7. The van der Waals surface area contributed by atoms with Crippen LogP contribution in [0, 0.1) is 0 Å². The van der Waals surface area contributed by atoms with Gasteiger partial charge in [0.15, 0.2) is 0 Å². The molecule has 1 aromatic heterocycles. The van der Waals surface area contributed by atoms with Crippen molar-refractivity contribution in [3.05, 3.63) is 16.6 Å². The molecule has 1 heterocycles. The maximum atomic E-state index is 11.2. The Kier molecular flexibility index (Phi) is 4.30. The molecular formula is C10H18N4O2. The number of nitrogens with zero attached hydrogens (tertiary/aromatic N) is 1. The number of nitrogen functional groups attached to an aromatic ring is 1. The van der Waals surface area contributed by atoms with Crippen LogP contribution in [-0.2, 0) is 4.74 Å². The lowest BCUT2D eigenvalue weighted by Crippen LogP contribution is -2.28. The van der Waals surface area contributed by atoms with Crippen molar-refractivity contribution in [1.82, 2.24) is 9.97 Å². The van der Waals surface area contributed by atoms with Crippen LogP contribution in [0.2, 0.25) is 0 Å². The number of aromatic nitrogens is 2. The molecule has 0 amide bonds. The summed E-state index contributed by atoms with van der Waals surface area (Å²) in [6.45, 7) is 5.88. The quantitative estimate of drug-likeness (QED) is 0.649. The van der Waals surface area contributed by atoms with Gasteiger partial charge in [-0.3, -0.25) is 9.78 Å². The lowest BCUT2D eigenvalue weighted by molar-refractivity contribution is 0.0221. The highest BCUT2D eigenvalue weighted by Crippen LogP contribution is 2.05. The molecule has 1 atom stereocenters. The molecule has 0 bridgehead atoms. The van der Waals surface area contributed by atoms with Crippen LogP contribution in [0.3, 0.4) is 0 Å². The normalized spacial score (nSPS) is 12.8. The predicted molar refractivity (Wildman–Crippen MR) is 63.2 cm³/mol. The Morgan fingerprint density at radius 1 is 1.62 bits per heavy atom. The molecule has 0 aromatic carbocycles. The average molecular weight is 226 g/mol. The number of anilines is 2. The molecule has 1 aromatic rings. The Morgan fingerprint density at radius 2 is 2.31 bits per heavy atom. The number of nitrogens with two attached hydrogens (primary N) is 1. The highest BCUT2D eigenvalue weighted by molar-refractivity contribution is 5.36. The van der Waals surface area contributed by atoms with Gasteiger partial charge in [-0.1, -0.05) is 6.92 Å². The van der Waals surface area contributed by atoms with Crippen LogP contribution < -0.4 is 16.6 Å². The van der Waals surface area contributed by atoms with Gasteiger partial charge in [0.2, 0.25) is 5.95 Å². The van der Waals surface area contributed by atoms with Gasteiger partial charge in [0, 0.05) is 0 Å². The minimum atomic E-state index is -0.350. The third-order valence-electron chi connectivity index (χ3n) is 1.93. The van der Waals surface area contributed by atoms with E-state index >= 15 is 0 Å². The molecule has 1 rings (SSSR count). The van der Waals surface area contributed by atoms with Gasteiger partial charge in [-0.05, 0) is 20.3 Å². The van der Waals surface area contributed by atoms with Crippen molar-refractivity contribution in [2.75, 3.05) is 11.1 Å². The lowest BCUT2D eigenvalue weighted by Gasteiger charge is -2.20. The van der Waals surface area contributed by atoms with Crippen LogP contribution in [0.25, 0.3) is 0 Å². The summed E-state index contributed by atoms with van der Waals surface area (Å²) in [7, 11) is 0. The highest BCUT2D eigenvalue weighted by atomic mass is 16.5. The Balaban J connectivity index is 2.70. The zero-order valence-electron chi connectivity index (χ0n) is 9.78. The molecular weight excluding hydrogens is 208 g/mol. The fraction of sp³-hybridized carbons (Fsp3) is 0.600. The summed E-state index contributed by atoms with van der Waals surface area (Å²) in [6, 6.07) is 0. The van der Waals surface area contributed by atoms with E-state index in [2.05, 4.69) is 15.3 Å². The number of ether oxygens (including phenoxy) is 1. The number of hydrogen-bond donors (Lipinski definition) is 3. The molecule has 0 aliphatic rings. The summed E-state index contributed by atoms with van der Waals surface area (Å²) < 4.78 is 5.57. The predicted octanol–water partition coefficient (Wildman–Crippen LogP) is 0.925. The fourth-order valence-electron chi connectivity index (χ4n) is 1.19. The summed E-state index contributed by atoms with van der Waals surface area (Å²) in [5.74, 6) is 0.367. The molecule has 6 heteroatoms. The maximum Gasteiger partial charge on any atom is 0.275 e. The Labute approximate surface area is 94.2 Å². The first-order valence-corrected chi connectivity index (χ1v) is 5.29. The van der Waals surface area contributed by atoms with E-state index in [1.165, 1.54) is 6.20 Å². The summed E-state index contributed by atoms with van der Waals surface area (Å²) >= 11 is 0. The van der Waals surface area contributed by atoms with Crippen LogP contribution >= 0.6 is 0 Å². The second-order valence-corrected chi connectivity index (χ2v) is 3.74. The molecule has 1 unspecified atom stereocenters. The van der Waals surface area contributed by atoms with Crippen molar-refractivity contribution in [1.29, 1.82) is 0 Å². The van der Waals surface area contributed by atoms with Crippen LogP contribution in [0.1, 0.15) is 27.2 Å². The highest BCUT2D eigenvalue weighted by Gasteiger charge is 2.09. The molecule has 90 valence electrons. The standard InChI is InChI=1S/C10H18N4O2/c1-4-8(16-6(2)3)13-10-12-5-7(11)9(15)14-10/h5-6,8H,4,11H2,1-3H3,(H2,12,13,14,15). The van der Waals surface area contributed by atoms with Crippen LogP contribution in [0.15, 0.2) is 11.0 Å². The van der Waals surface area contributed by atoms with Gasteiger partial charge < -0.3 is 15.8 Å². The van der Waals surface area contributed by atoms with Gasteiger partial charge in [0.1, 0.15) is 11.9 Å². The zero-order chi connectivity index (χ0) is 12.1. The van der Waals surface area contributed by atoms with Gasteiger partial charge in [0.25, 0.3) is 5.56 Å². The second kappa shape index (κ2) is 5.50. The van der Waals surface area contributed by atoms with Gasteiger partial charge in [-0.15, -0.1) is 0 Å². The first-order valence-electron chi connectivity index (χ1n) is 5.29. The molecule has 0 saturated carbocycles. The molecule has 0 saturated heterocycles. The zero-order valence-corrected chi connectivity index (χ0v) is 9.78. The van der Waals surface area contributed by atoms with E-state index in [4.69, 9.17) is 10.5 Å². The van der Waals surface area contributed by atoms with Crippen LogP contribution in [-0.4, -0.2) is 22.3 Å². The van der Waals surface area contributed by atoms with Crippen molar-refractivity contribution in [3.63, 3.8) is 0 Å². The minimum absolute atomic E-state index is 0.100. The number of aromatic amines is 1. The maximum absolute atomic E-state index is 11.2. The Bertz CT molecular complexity index is 389. The number of nitrogens with one attached hydrogen (secondary N) is 2. The summed E-state index contributed by atoms with van der Waals surface area (Å²) in [5.41, 5.74) is 5.12. The third-order valence-corrected chi connectivity index (χ3v) is 1.93. The molecule has 0 radical (unpaired) electrons. The summed E-state index contributed by atoms with van der Waals surface area (Å²) in [5, 5.41) is 2.98. The van der Waals surface area contributed by atoms with Crippen molar-refractivity contribution in [2.45, 2.75) is 39.5 Å². The fourth-order valence-corrected chi connectivity index (χ4v) is 1.19. The van der Waals surface area contributed by atoms with Crippen molar-refractivity contribution in [2.24, 2.45) is 0 Å². The van der Waals surface area contributed by atoms with Crippen molar-refractivity contribution in [3.8, 4) is 0 Å². The molecule has 4 N–H and O–H groups in total. The first-order chi connectivity index (χ1) is 7.52. The van der Waals surface area contributed by atoms with E-state index < -0.39 is 0 Å². The van der Waals surface area contributed by atoms with E-state index in [-0.39, 0.29) is 23.6 Å². The van der Waals surface area contributed by atoms with E-state index in [1.807, 2.05) is 20.8 Å². The second-order valence-electron chi connectivity index (χ2n) is 3.74. The SMILES string of the molecule is CCC(Nc1ncc(N)c(=O)[nH]1)OC(C)C. The molecule has 6 nitrogen and oxygen atoms in total. The average Bonchev–Trinajstić information content (AvgIpc) is 2.22. The van der Waals surface area contributed by atoms with Crippen molar-refractivity contribution >= 4 is 11.6 Å². The number of rotatable bonds is 5. The molecule has 16 heavy (non-hydrogen) atoms. The Hall–Kier alpha value is -1.56. The van der Waals surface area contributed by atoms with Crippen LogP contribution in [0.5, 0.6) is 0 Å². The molecule has 0 aliphatic heterocycles. The first kappa shape index (κ1) is 12.5. The van der Waals surface area contributed by atoms with Gasteiger partial charge in [0.05, 0.1) is 12.3 Å². The van der Waals surface area contributed by atoms with Gasteiger partial charge in [-0.2, -0.15) is 0 Å². The minimum Gasteiger partial charge on any atom is -0.393 e. The van der Waals surface area contributed by atoms with E-state index in [9.17, 15) is 4.79 Å². The monoisotopic (exact) mass is 226 g/mol. The van der Waals surface area contributed by atoms with Gasteiger partial charge in [-0.25, -0.2) is 4.98 Å². The largest absolute Gasteiger partial charge is 0.393 e. The van der Waals surface area contributed by atoms with Crippen molar-refractivity contribution < 1.29 is 4.74 Å². The van der Waals surface area contributed by atoms with E-state index in [0.717, 1.165) is 6.42 Å². The van der Waals surface area contributed by atoms with Gasteiger partial charge >= 0.3 is 0 Å².